The van der Waals surface area contributed by atoms with E-state index in [9.17, 15) is 19.9 Å². The predicted octanol–water partition coefficient (Wildman–Crippen LogP) is 5.85. The summed E-state index contributed by atoms with van der Waals surface area (Å²) in [6.07, 6.45) is -2.77. The molecule has 1 saturated heterocycles. The van der Waals surface area contributed by atoms with E-state index in [0.29, 0.717) is 0 Å². The second-order valence-corrected chi connectivity index (χ2v) is 10.8. The van der Waals surface area contributed by atoms with Crippen molar-refractivity contribution in [1.82, 2.24) is 19.5 Å². The molecule has 2 amide bonds. The quantitative estimate of drug-likeness (QED) is 0.0365. The highest BCUT2D eigenvalue weighted by molar-refractivity contribution is 14.1. The number of hydrogen-bond acceptors (Lipinski definition) is 9. The van der Waals surface area contributed by atoms with Crippen LogP contribution in [0, 0.1) is 0 Å². The molecular weight excluding hydrogens is 710 g/mol. The standard InChI is InChI=1S/C31H22FIN8O5/c32-24-23(45-30(44)21-14-8-3-9-15-21)29(46-31(24,16-33)38-39-34)40-18-37-22-25(40)35-17-36-26(22)41(27(42)19-10-4-1-5-11-19)28(43)20-12-6-2-7-13-20/h1-15,17-18,23-24,29H,16H2/t23-,24+,29-,31+/m1/s1. The van der Waals surface area contributed by atoms with Gasteiger partial charge in [0.15, 0.2) is 41.2 Å². The molecule has 3 aromatic carbocycles. The Hall–Kier alpha value is -5.25. The van der Waals surface area contributed by atoms with Crippen LogP contribution in [-0.4, -0.2) is 59.7 Å². The molecule has 1 aliphatic rings. The van der Waals surface area contributed by atoms with Gasteiger partial charge in [-0.25, -0.2) is 29.0 Å². The third-order valence-electron chi connectivity index (χ3n) is 7.26. The van der Waals surface area contributed by atoms with Gasteiger partial charge in [0.1, 0.15) is 6.33 Å². The Bertz CT molecular complexity index is 1910. The number of alkyl halides is 2. The second kappa shape index (κ2) is 13.0. The SMILES string of the molecule is [N-]=[N+]=N[C@@]1(CI)O[C@@H](n2cnc3c(N(C(=O)c4ccccc4)C(=O)c4ccccc4)ncnc32)[C@H](OC(=O)c2ccccc2)[C@@H]1F. The molecule has 0 saturated carbocycles. The lowest BCUT2D eigenvalue weighted by atomic mass is 10.1. The Morgan fingerprint density at radius 3 is 2.04 bits per heavy atom. The summed E-state index contributed by atoms with van der Waals surface area (Å²) in [6, 6.07) is 24.3. The number of hydrogen-bond donors (Lipinski definition) is 0. The summed E-state index contributed by atoms with van der Waals surface area (Å²) in [6.45, 7) is 0. The van der Waals surface area contributed by atoms with Crippen molar-refractivity contribution in [3.05, 3.63) is 131 Å². The Kier molecular flexibility index (Phi) is 8.70. The second-order valence-electron chi connectivity index (χ2n) is 10.0. The van der Waals surface area contributed by atoms with Gasteiger partial charge in [-0.2, -0.15) is 0 Å². The Balaban J connectivity index is 1.46. The van der Waals surface area contributed by atoms with E-state index in [4.69, 9.17) is 9.47 Å². The lowest BCUT2D eigenvalue weighted by Crippen LogP contribution is -2.41. The smallest absolute Gasteiger partial charge is 0.338 e. The molecule has 0 N–H and O–H groups in total. The maximum Gasteiger partial charge on any atom is 0.338 e. The maximum atomic E-state index is 16.2. The zero-order valence-corrected chi connectivity index (χ0v) is 25.8. The summed E-state index contributed by atoms with van der Waals surface area (Å²) in [7, 11) is 0. The molecule has 2 aromatic heterocycles. The van der Waals surface area contributed by atoms with Crippen molar-refractivity contribution >= 4 is 57.4 Å². The molecular formula is C31H22FIN8O5. The van der Waals surface area contributed by atoms with Crippen molar-refractivity contribution in [2.75, 3.05) is 9.33 Å². The van der Waals surface area contributed by atoms with Gasteiger partial charge in [0.2, 0.25) is 0 Å². The Labute approximate surface area is 273 Å². The molecule has 1 fully saturated rings. The average Bonchev–Trinajstić information content (AvgIpc) is 3.65. The number of rotatable bonds is 8. The molecule has 4 atom stereocenters. The first-order valence-electron chi connectivity index (χ1n) is 13.7. The fourth-order valence-electron chi connectivity index (χ4n) is 5.02. The number of carbonyl (C=O) groups is 3. The van der Waals surface area contributed by atoms with Gasteiger partial charge in [0.05, 0.1) is 11.9 Å². The van der Waals surface area contributed by atoms with Crippen LogP contribution in [0.5, 0.6) is 0 Å². The first kappa shape index (κ1) is 30.8. The largest absolute Gasteiger partial charge is 0.451 e. The lowest BCUT2D eigenvalue weighted by molar-refractivity contribution is -0.0787. The van der Waals surface area contributed by atoms with E-state index in [1.807, 2.05) is 22.6 Å². The van der Waals surface area contributed by atoms with Gasteiger partial charge in [-0.15, -0.1) is 0 Å². The molecule has 15 heteroatoms. The zero-order valence-electron chi connectivity index (χ0n) is 23.6. The van der Waals surface area contributed by atoms with E-state index in [-0.39, 0.29) is 38.1 Å². The molecule has 230 valence electrons. The highest BCUT2D eigenvalue weighted by atomic mass is 127. The molecule has 5 aromatic rings. The molecule has 3 heterocycles. The van der Waals surface area contributed by atoms with Crippen LogP contribution in [0.2, 0.25) is 0 Å². The van der Waals surface area contributed by atoms with Crippen molar-refractivity contribution in [2.24, 2.45) is 5.11 Å². The highest BCUT2D eigenvalue weighted by Crippen LogP contribution is 2.44. The van der Waals surface area contributed by atoms with Gasteiger partial charge in [-0.1, -0.05) is 82.3 Å². The average molecular weight is 732 g/mol. The van der Waals surface area contributed by atoms with Crippen molar-refractivity contribution in [2.45, 2.75) is 24.2 Å². The molecule has 13 nitrogen and oxygen atoms in total. The van der Waals surface area contributed by atoms with Crippen LogP contribution >= 0.6 is 22.6 Å². The molecule has 0 bridgehead atoms. The van der Waals surface area contributed by atoms with Gasteiger partial charge in [0, 0.05) is 20.5 Å². The van der Waals surface area contributed by atoms with Crippen LogP contribution in [0.25, 0.3) is 21.6 Å². The van der Waals surface area contributed by atoms with Gasteiger partial charge in [0.25, 0.3) is 11.8 Å². The molecule has 46 heavy (non-hydrogen) atoms. The van der Waals surface area contributed by atoms with Crippen molar-refractivity contribution in [3.63, 3.8) is 0 Å². The number of carbonyl (C=O) groups excluding carboxylic acids is 3. The van der Waals surface area contributed by atoms with Gasteiger partial charge in [-0.05, 0) is 41.9 Å². The summed E-state index contributed by atoms with van der Waals surface area (Å²) < 4.78 is 29.0. The van der Waals surface area contributed by atoms with E-state index >= 15 is 4.39 Å². The van der Waals surface area contributed by atoms with Gasteiger partial charge in [-0.3, -0.25) is 14.2 Å². The number of anilines is 1. The summed E-state index contributed by atoms with van der Waals surface area (Å²) in [5.74, 6) is -2.33. The topological polar surface area (TPSA) is 165 Å². The summed E-state index contributed by atoms with van der Waals surface area (Å²) in [5.41, 5.74) is 7.84. The van der Waals surface area contributed by atoms with Crippen LogP contribution in [0.1, 0.15) is 37.3 Å². The predicted molar refractivity (Wildman–Crippen MR) is 171 cm³/mol. The van der Waals surface area contributed by atoms with Crippen LogP contribution < -0.4 is 4.90 Å². The summed E-state index contributed by atoms with van der Waals surface area (Å²) in [5, 5.41) is 3.60. The van der Waals surface area contributed by atoms with Crippen LogP contribution in [0.4, 0.5) is 10.2 Å². The molecule has 6 rings (SSSR count). The number of imidazole rings is 1. The summed E-state index contributed by atoms with van der Waals surface area (Å²) >= 11 is 1.82. The van der Waals surface area contributed by atoms with E-state index in [2.05, 4.69) is 25.0 Å². The first-order valence-corrected chi connectivity index (χ1v) is 15.3. The Morgan fingerprint density at radius 2 is 1.50 bits per heavy atom. The number of azide groups is 1. The third-order valence-corrected chi connectivity index (χ3v) is 8.35. The summed E-state index contributed by atoms with van der Waals surface area (Å²) in [4.78, 5) is 57.4. The Morgan fingerprint density at radius 1 is 0.935 bits per heavy atom. The number of benzene rings is 3. The van der Waals surface area contributed by atoms with E-state index in [1.54, 1.807) is 78.9 Å². The molecule has 1 aliphatic heterocycles. The minimum atomic E-state index is -2.09. The minimum Gasteiger partial charge on any atom is -0.451 e. The van der Waals surface area contributed by atoms with E-state index in [1.165, 1.54) is 23.0 Å². The third kappa shape index (κ3) is 5.55. The number of ether oxygens (including phenoxy) is 2. The van der Waals surface area contributed by atoms with Crippen molar-refractivity contribution < 1.29 is 28.2 Å². The van der Waals surface area contributed by atoms with Crippen molar-refractivity contribution in [3.8, 4) is 0 Å². The van der Waals surface area contributed by atoms with Gasteiger partial charge >= 0.3 is 5.97 Å². The van der Waals surface area contributed by atoms with E-state index in [0.717, 1.165) is 11.2 Å². The van der Waals surface area contributed by atoms with Crippen LogP contribution in [0.15, 0.2) is 109 Å². The maximum absolute atomic E-state index is 16.2. The fourth-order valence-corrected chi connectivity index (χ4v) is 5.77. The highest BCUT2D eigenvalue weighted by Gasteiger charge is 2.58. The van der Waals surface area contributed by atoms with Crippen LogP contribution in [0.3, 0.4) is 0 Å². The number of aromatic nitrogens is 4. The minimum absolute atomic E-state index is 0.000959. The van der Waals surface area contributed by atoms with E-state index < -0.39 is 42.0 Å². The number of esters is 1. The number of fused-ring (bicyclic) bond motifs is 1. The lowest BCUT2D eigenvalue weighted by Gasteiger charge is -2.22. The fraction of sp³-hybridized carbons (Fsp3) is 0.161. The number of halogens is 2. The molecule has 0 aliphatic carbocycles. The molecule has 0 unspecified atom stereocenters. The number of amides is 2. The number of imide groups is 1. The number of nitrogens with zero attached hydrogens (tertiary/aromatic N) is 8. The zero-order chi connectivity index (χ0) is 32.3. The normalized spacial score (nSPS) is 20.5. The van der Waals surface area contributed by atoms with Gasteiger partial charge < -0.3 is 9.47 Å². The first-order chi connectivity index (χ1) is 22.4. The van der Waals surface area contributed by atoms with Crippen LogP contribution in [-0.2, 0) is 9.47 Å². The van der Waals surface area contributed by atoms with Crippen molar-refractivity contribution in [1.29, 1.82) is 0 Å². The monoisotopic (exact) mass is 732 g/mol. The molecule has 0 spiro atoms. The molecule has 0 radical (unpaired) electrons.